The minimum Gasteiger partial charge on any atom is -0.481 e. The summed E-state index contributed by atoms with van der Waals surface area (Å²) in [7, 11) is -3.58. The SMILES string of the molecule is CC(C)NS(=O)(=O)c1ccc(NC(=O)[C@H](C)Oc2cccc(C#N)c2)cc1. The number of ether oxygens (including phenoxy) is 1. The first-order chi connectivity index (χ1) is 12.7. The van der Waals surface area contributed by atoms with Crippen LogP contribution in [0.25, 0.3) is 0 Å². The molecule has 2 aromatic carbocycles. The number of nitriles is 1. The van der Waals surface area contributed by atoms with Gasteiger partial charge in [-0.3, -0.25) is 4.79 Å². The highest BCUT2D eigenvalue weighted by Crippen LogP contribution is 2.17. The van der Waals surface area contributed by atoms with Gasteiger partial charge in [-0.05, 0) is 63.2 Å². The van der Waals surface area contributed by atoms with Gasteiger partial charge in [0.05, 0.1) is 16.5 Å². The molecular weight excluding hydrogens is 366 g/mol. The van der Waals surface area contributed by atoms with Crippen LogP contribution >= 0.6 is 0 Å². The third-order valence-corrected chi connectivity index (χ3v) is 5.14. The van der Waals surface area contributed by atoms with Crippen molar-refractivity contribution < 1.29 is 17.9 Å². The van der Waals surface area contributed by atoms with E-state index in [-0.39, 0.29) is 10.9 Å². The van der Waals surface area contributed by atoms with Gasteiger partial charge >= 0.3 is 0 Å². The average Bonchev–Trinajstić information content (AvgIpc) is 2.61. The van der Waals surface area contributed by atoms with E-state index in [4.69, 9.17) is 10.00 Å². The Morgan fingerprint density at radius 1 is 1.11 bits per heavy atom. The van der Waals surface area contributed by atoms with Crippen LogP contribution in [0, 0.1) is 11.3 Å². The molecule has 142 valence electrons. The summed E-state index contributed by atoms with van der Waals surface area (Å²) in [5.74, 6) is 0.0196. The van der Waals surface area contributed by atoms with E-state index < -0.39 is 22.0 Å². The first-order valence-electron chi connectivity index (χ1n) is 8.31. The number of hydrogen-bond donors (Lipinski definition) is 2. The molecule has 8 heteroatoms. The molecule has 0 aliphatic rings. The van der Waals surface area contributed by atoms with Crippen LogP contribution in [0.2, 0.25) is 0 Å². The van der Waals surface area contributed by atoms with Crippen molar-refractivity contribution >= 4 is 21.6 Å². The Kier molecular flexibility index (Phi) is 6.55. The molecule has 0 heterocycles. The largest absolute Gasteiger partial charge is 0.481 e. The summed E-state index contributed by atoms with van der Waals surface area (Å²) in [5.41, 5.74) is 0.886. The van der Waals surface area contributed by atoms with Gasteiger partial charge < -0.3 is 10.1 Å². The Hall–Kier alpha value is -2.89. The van der Waals surface area contributed by atoms with Crippen molar-refractivity contribution in [2.45, 2.75) is 37.8 Å². The van der Waals surface area contributed by atoms with Gasteiger partial charge in [-0.15, -0.1) is 0 Å². The lowest BCUT2D eigenvalue weighted by molar-refractivity contribution is -0.122. The molecule has 2 rings (SSSR count). The van der Waals surface area contributed by atoms with Gasteiger partial charge in [0.15, 0.2) is 6.10 Å². The molecule has 27 heavy (non-hydrogen) atoms. The van der Waals surface area contributed by atoms with E-state index in [1.165, 1.54) is 24.3 Å². The van der Waals surface area contributed by atoms with Gasteiger partial charge in [0.25, 0.3) is 5.91 Å². The number of rotatable bonds is 7. The van der Waals surface area contributed by atoms with Crippen LogP contribution in [-0.2, 0) is 14.8 Å². The number of benzene rings is 2. The van der Waals surface area contributed by atoms with Crippen LogP contribution < -0.4 is 14.8 Å². The second-order valence-electron chi connectivity index (χ2n) is 6.19. The third kappa shape index (κ3) is 5.81. The lowest BCUT2D eigenvalue weighted by Crippen LogP contribution is -2.31. The molecule has 0 unspecified atom stereocenters. The summed E-state index contributed by atoms with van der Waals surface area (Å²) in [6.45, 7) is 5.06. The van der Waals surface area contributed by atoms with Crippen molar-refractivity contribution in [3.8, 4) is 11.8 Å². The highest BCUT2D eigenvalue weighted by atomic mass is 32.2. The molecular formula is C19H21N3O4S. The molecule has 1 amide bonds. The van der Waals surface area contributed by atoms with E-state index >= 15 is 0 Å². The molecule has 7 nitrogen and oxygen atoms in total. The second kappa shape index (κ2) is 8.66. The van der Waals surface area contributed by atoms with Crippen LogP contribution in [0.3, 0.4) is 0 Å². The fraction of sp³-hybridized carbons (Fsp3) is 0.263. The number of nitrogens with zero attached hydrogens (tertiary/aromatic N) is 1. The second-order valence-corrected chi connectivity index (χ2v) is 7.90. The summed E-state index contributed by atoms with van der Waals surface area (Å²) < 4.78 is 32.2. The van der Waals surface area contributed by atoms with E-state index in [9.17, 15) is 13.2 Å². The predicted octanol–water partition coefficient (Wildman–Crippen LogP) is 2.65. The number of sulfonamides is 1. The molecule has 0 spiro atoms. The minimum atomic E-state index is -3.58. The summed E-state index contributed by atoms with van der Waals surface area (Å²) in [6, 6.07) is 14.2. The smallest absolute Gasteiger partial charge is 0.265 e. The van der Waals surface area contributed by atoms with Crippen LogP contribution in [0.4, 0.5) is 5.69 Å². The number of nitrogens with one attached hydrogen (secondary N) is 2. The van der Waals surface area contributed by atoms with Gasteiger partial charge in [0.2, 0.25) is 10.0 Å². The highest BCUT2D eigenvalue weighted by molar-refractivity contribution is 7.89. The fourth-order valence-corrected chi connectivity index (χ4v) is 3.49. The molecule has 2 N–H and O–H groups in total. The van der Waals surface area contributed by atoms with Crippen molar-refractivity contribution in [2.24, 2.45) is 0 Å². The lowest BCUT2D eigenvalue weighted by Gasteiger charge is -2.15. The minimum absolute atomic E-state index is 0.117. The highest BCUT2D eigenvalue weighted by Gasteiger charge is 2.17. The van der Waals surface area contributed by atoms with Crippen LogP contribution in [-0.4, -0.2) is 26.5 Å². The summed E-state index contributed by atoms with van der Waals surface area (Å²) in [4.78, 5) is 12.4. The van der Waals surface area contributed by atoms with Crippen molar-refractivity contribution in [1.29, 1.82) is 5.26 Å². The average molecular weight is 387 g/mol. The van der Waals surface area contributed by atoms with E-state index in [0.717, 1.165) is 0 Å². The Bertz CT molecular complexity index is 948. The first kappa shape index (κ1) is 20.4. The summed E-state index contributed by atoms with van der Waals surface area (Å²) >= 11 is 0. The summed E-state index contributed by atoms with van der Waals surface area (Å²) in [6.07, 6.45) is -0.801. The maximum absolute atomic E-state index is 12.3. The van der Waals surface area contributed by atoms with E-state index in [2.05, 4.69) is 10.0 Å². The van der Waals surface area contributed by atoms with E-state index in [1.807, 2.05) is 6.07 Å². The molecule has 0 aliphatic heterocycles. The quantitative estimate of drug-likeness (QED) is 0.759. The first-order valence-corrected chi connectivity index (χ1v) is 9.79. The van der Waals surface area contributed by atoms with Crippen molar-refractivity contribution in [3.05, 3.63) is 54.1 Å². The van der Waals surface area contributed by atoms with Crippen molar-refractivity contribution in [1.82, 2.24) is 4.72 Å². The molecule has 0 bridgehead atoms. The third-order valence-electron chi connectivity index (χ3n) is 3.47. The van der Waals surface area contributed by atoms with Gasteiger partial charge in [-0.2, -0.15) is 5.26 Å². The Balaban J connectivity index is 2.01. The normalized spacial score (nSPS) is 12.3. The zero-order chi connectivity index (χ0) is 20.0. The number of carbonyl (C=O) groups is 1. The van der Waals surface area contributed by atoms with Gasteiger partial charge in [0, 0.05) is 11.7 Å². The number of carbonyl (C=O) groups excluding carboxylic acids is 1. The van der Waals surface area contributed by atoms with Gasteiger partial charge in [-0.25, -0.2) is 13.1 Å². The standard InChI is InChI=1S/C19H21N3O4S/c1-13(2)22-27(24,25)18-9-7-16(8-10-18)21-19(23)14(3)26-17-6-4-5-15(11-17)12-20/h4-11,13-14,22H,1-3H3,(H,21,23)/t14-/m0/s1. The van der Waals surface area contributed by atoms with Gasteiger partial charge in [-0.1, -0.05) is 6.07 Å². The fourth-order valence-electron chi connectivity index (χ4n) is 2.24. The Morgan fingerprint density at radius 2 is 1.78 bits per heavy atom. The molecule has 0 radical (unpaired) electrons. The summed E-state index contributed by atoms with van der Waals surface area (Å²) in [5, 5.41) is 11.6. The maximum atomic E-state index is 12.3. The van der Waals surface area contributed by atoms with E-state index in [0.29, 0.717) is 17.0 Å². The zero-order valence-electron chi connectivity index (χ0n) is 15.3. The Morgan fingerprint density at radius 3 is 2.37 bits per heavy atom. The van der Waals surface area contributed by atoms with Crippen LogP contribution in [0.1, 0.15) is 26.3 Å². The van der Waals surface area contributed by atoms with Gasteiger partial charge in [0.1, 0.15) is 5.75 Å². The predicted molar refractivity (Wildman–Crippen MR) is 102 cm³/mol. The molecule has 0 saturated carbocycles. The zero-order valence-corrected chi connectivity index (χ0v) is 16.1. The number of anilines is 1. The topological polar surface area (TPSA) is 108 Å². The lowest BCUT2D eigenvalue weighted by atomic mass is 10.2. The Labute approximate surface area is 159 Å². The van der Waals surface area contributed by atoms with E-state index in [1.54, 1.807) is 45.0 Å². The van der Waals surface area contributed by atoms with Crippen LogP contribution in [0.5, 0.6) is 5.75 Å². The molecule has 0 saturated heterocycles. The van der Waals surface area contributed by atoms with Crippen molar-refractivity contribution in [3.63, 3.8) is 0 Å². The molecule has 0 fully saturated rings. The molecule has 0 aromatic heterocycles. The molecule has 0 aliphatic carbocycles. The van der Waals surface area contributed by atoms with Crippen molar-refractivity contribution in [2.75, 3.05) is 5.32 Å². The monoisotopic (exact) mass is 387 g/mol. The van der Waals surface area contributed by atoms with Crippen LogP contribution in [0.15, 0.2) is 53.4 Å². The number of amides is 1. The maximum Gasteiger partial charge on any atom is 0.265 e. The number of hydrogen-bond acceptors (Lipinski definition) is 5. The molecule has 2 aromatic rings. The molecule has 1 atom stereocenters.